The molecule has 0 bridgehead atoms. The van der Waals surface area contributed by atoms with Gasteiger partial charge in [-0.2, -0.15) is 0 Å². The summed E-state index contributed by atoms with van der Waals surface area (Å²) in [7, 11) is -3.80. The average Bonchev–Trinajstić information content (AvgIpc) is 2.41. The molecule has 92 valence electrons. The Morgan fingerprint density at radius 3 is 1.89 bits per heavy atom. The Labute approximate surface area is 105 Å². The quantitative estimate of drug-likeness (QED) is 0.390. The van der Waals surface area contributed by atoms with E-state index in [2.05, 4.69) is 5.16 Å². The van der Waals surface area contributed by atoms with Crippen molar-refractivity contribution in [3.05, 3.63) is 66.2 Å². The predicted molar refractivity (Wildman–Crippen MR) is 68.4 cm³/mol. The van der Waals surface area contributed by atoms with Crippen molar-refractivity contribution in [2.45, 2.75) is 4.90 Å². The molecule has 0 fully saturated rings. The van der Waals surface area contributed by atoms with Gasteiger partial charge in [-0.05, 0) is 12.1 Å². The van der Waals surface area contributed by atoms with E-state index in [1.54, 1.807) is 48.5 Å². The van der Waals surface area contributed by atoms with Crippen molar-refractivity contribution in [2.24, 2.45) is 5.16 Å². The largest absolute Gasteiger partial charge is 0.410 e. The van der Waals surface area contributed by atoms with Gasteiger partial charge >= 0.3 is 0 Å². The van der Waals surface area contributed by atoms with Crippen molar-refractivity contribution in [2.75, 3.05) is 0 Å². The minimum atomic E-state index is -3.80. The van der Waals surface area contributed by atoms with Gasteiger partial charge in [0.2, 0.25) is 14.9 Å². The first-order chi connectivity index (χ1) is 8.66. The van der Waals surface area contributed by atoms with Crippen LogP contribution in [0.2, 0.25) is 0 Å². The molecule has 2 rings (SSSR count). The second-order valence-electron chi connectivity index (χ2n) is 3.59. The number of benzene rings is 2. The molecule has 2 aromatic carbocycles. The monoisotopic (exact) mass is 261 g/mol. The molecule has 5 heteroatoms. The van der Waals surface area contributed by atoms with Crippen molar-refractivity contribution in [1.29, 1.82) is 0 Å². The Morgan fingerprint density at radius 1 is 0.889 bits per heavy atom. The molecule has 4 nitrogen and oxygen atoms in total. The lowest BCUT2D eigenvalue weighted by Crippen LogP contribution is -2.16. The number of hydrogen-bond donors (Lipinski definition) is 1. The third kappa shape index (κ3) is 2.26. The lowest BCUT2D eigenvalue weighted by atomic mass is 10.2. The van der Waals surface area contributed by atoms with Crippen molar-refractivity contribution < 1.29 is 13.6 Å². The zero-order valence-corrected chi connectivity index (χ0v) is 10.2. The van der Waals surface area contributed by atoms with Gasteiger partial charge in [-0.15, -0.1) is 0 Å². The average molecular weight is 261 g/mol. The minimum absolute atomic E-state index is 0.0988. The Balaban J connectivity index is 2.54. The molecule has 0 atom stereocenters. The number of oxime groups is 1. The maximum Gasteiger partial charge on any atom is 0.227 e. The highest BCUT2D eigenvalue weighted by Crippen LogP contribution is 2.16. The van der Waals surface area contributed by atoms with Gasteiger partial charge in [-0.25, -0.2) is 8.42 Å². The number of nitrogens with zero attached hydrogens (tertiary/aromatic N) is 1. The molecular weight excluding hydrogens is 250 g/mol. The van der Waals surface area contributed by atoms with Crippen LogP contribution in [0.3, 0.4) is 0 Å². The van der Waals surface area contributed by atoms with Gasteiger partial charge < -0.3 is 5.21 Å². The summed E-state index contributed by atoms with van der Waals surface area (Å²) < 4.78 is 24.5. The first-order valence-corrected chi connectivity index (χ1v) is 6.72. The maximum absolute atomic E-state index is 12.3. The van der Waals surface area contributed by atoms with Crippen LogP contribution in [0.15, 0.2) is 70.7 Å². The number of rotatable bonds is 2. The Bertz CT molecular complexity index is 649. The highest BCUT2D eigenvalue weighted by molar-refractivity contribution is 8.07. The number of sulfone groups is 1. The molecular formula is C13H11NO3S. The van der Waals surface area contributed by atoms with E-state index in [4.69, 9.17) is 5.21 Å². The highest BCUT2D eigenvalue weighted by atomic mass is 32.2. The molecule has 18 heavy (non-hydrogen) atoms. The molecule has 0 saturated heterocycles. The zero-order valence-electron chi connectivity index (χ0n) is 9.39. The summed E-state index contributed by atoms with van der Waals surface area (Å²) in [4.78, 5) is 0.0988. The molecule has 0 saturated carbocycles. The van der Waals surface area contributed by atoms with E-state index in [1.807, 2.05) is 0 Å². The summed E-state index contributed by atoms with van der Waals surface area (Å²) in [6, 6.07) is 16.2. The van der Waals surface area contributed by atoms with E-state index in [0.29, 0.717) is 5.56 Å². The van der Waals surface area contributed by atoms with Crippen LogP contribution < -0.4 is 0 Å². The lowest BCUT2D eigenvalue weighted by molar-refractivity contribution is 0.320. The molecule has 0 aliphatic carbocycles. The van der Waals surface area contributed by atoms with E-state index < -0.39 is 9.84 Å². The molecule has 0 unspecified atom stereocenters. The molecule has 0 aromatic heterocycles. The van der Waals surface area contributed by atoms with Gasteiger partial charge in [-0.3, -0.25) is 0 Å². The summed E-state index contributed by atoms with van der Waals surface area (Å²) in [5, 5.41) is 11.6. The van der Waals surface area contributed by atoms with E-state index in [9.17, 15) is 8.42 Å². The van der Waals surface area contributed by atoms with E-state index >= 15 is 0 Å². The molecule has 0 amide bonds. The fraction of sp³-hybridized carbons (Fsp3) is 0. The summed E-state index contributed by atoms with van der Waals surface area (Å²) in [5.41, 5.74) is 0.351. The van der Waals surface area contributed by atoms with Crippen LogP contribution in [0.1, 0.15) is 5.56 Å². The first kappa shape index (κ1) is 12.3. The Morgan fingerprint density at radius 2 is 1.39 bits per heavy atom. The highest BCUT2D eigenvalue weighted by Gasteiger charge is 2.24. The van der Waals surface area contributed by atoms with Crippen molar-refractivity contribution in [3.63, 3.8) is 0 Å². The third-order valence-corrected chi connectivity index (χ3v) is 4.14. The summed E-state index contributed by atoms with van der Waals surface area (Å²) in [6.07, 6.45) is 0. The van der Waals surface area contributed by atoms with Crippen LogP contribution in [0.4, 0.5) is 0 Å². The fourth-order valence-electron chi connectivity index (χ4n) is 1.56. The minimum Gasteiger partial charge on any atom is -0.410 e. The van der Waals surface area contributed by atoms with Crippen LogP contribution >= 0.6 is 0 Å². The van der Waals surface area contributed by atoms with Crippen LogP contribution in [0, 0.1) is 0 Å². The molecule has 2 aromatic rings. The van der Waals surface area contributed by atoms with Gasteiger partial charge in [0, 0.05) is 5.56 Å². The third-order valence-electron chi connectivity index (χ3n) is 2.42. The zero-order chi connectivity index (χ0) is 13.0. The normalized spacial score (nSPS) is 12.3. The Hall–Kier alpha value is -2.14. The van der Waals surface area contributed by atoms with Crippen LogP contribution in [-0.2, 0) is 9.84 Å². The fourth-order valence-corrected chi connectivity index (χ4v) is 2.85. The van der Waals surface area contributed by atoms with Crippen LogP contribution in [0.5, 0.6) is 0 Å². The van der Waals surface area contributed by atoms with Gasteiger partial charge in [0.25, 0.3) is 0 Å². The molecule has 1 N–H and O–H groups in total. The summed E-state index contributed by atoms with van der Waals surface area (Å²) in [5.74, 6) is 0. The van der Waals surface area contributed by atoms with Crippen LogP contribution in [-0.4, -0.2) is 18.7 Å². The van der Waals surface area contributed by atoms with E-state index in [-0.39, 0.29) is 9.94 Å². The van der Waals surface area contributed by atoms with Crippen molar-refractivity contribution >= 4 is 14.9 Å². The Kier molecular flexibility index (Phi) is 3.43. The van der Waals surface area contributed by atoms with Crippen LogP contribution in [0.25, 0.3) is 0 Å². The SMILES string of the molecule is O=S(=O)(C(=NO)c1ccccc1)c1ccccc1. The topological polar surface area (TPSA) is 66.7 Å². The maximum atomic E-state index is 12.3. The van der Waals surface area contributed by atoms with E-state index in [0.717, 1.165) is 0 Å². The summed E-state index contributed by atoms with van der Waals surface area (Å²) >= 11 is 0. The van der Waals surface area contributed by atoms with E-state index in [1.165, 1.54) is 12.1 Å². The predicted octanol–water partition coefficient (Wildman–Crippen LogP) is 2.30. The molecule has 0 aliphatic rings. The second kappa shape index (κ2) is 5.01. The van der Waals surface area contributed by atoms with Gasteiger partial charge in [0.1, 0.15) is 0 Å². The van der Waals surface area contributed by atoms with Gasteiger partial charge in [0.15, 0.2) is 0 Å². The van der Waals surface area contributed by atoms with Crippen molar-refractivity contribution in [1.82, 2.24) is 0 Å². The molecule has 0 spiro atoms. The molecule has 0 radical (unpaired) electrons. The smallest absolute Gasteiger partial charge is 0.227 e. The van der Waals surface area contributed by atoms with Gasteiger partial charge in [0.05, 0.1) is 4.90 Å². The van der Waals surface area contributed by atoms with Crippen molar-refractivity contribution in [3.8, 4) is 0 Å². The lowest BCUT2D eigenvalue weighted by Gasteiger charge is -2.06. The second-order valence-corrected chi connectivity index (χ2v) is 5.45. The first-order valence-electron chi connectivity index (χ1n) is 5.24. The number of hydrogen-bond acceptors (Lipinski definition) is 4. The standard InChI is InChI=1S/C13H11NO3S/c15-14-13(11-7-3-1-4-8-11)18(16,17)12-9-5-2-6-10-12/h1-10,15H. The molecule has 0 heterocycles. The van der Waals surface area contributed by atoms with Gasteiger partial charge in [-0.1, -0.05) is 53.7 Å². The summed E-state index contributed by atoms with van der Waals surface area (Å²) in [6.45, 7) is 0. The molecule has 0 aliphatic heterocycles.